The topological polar surface area (TPSA) is 88.7 Å². The van der Waals surface area contributed by atoms with Gasteiger partial charge in [-0.1, -0.05) is 84.9 Å². The van der Waals surface area contributed by atoms with Gasteiger partial charge in [-0.05, 0) is 53.2 Å². The Hall–Kier alpha value is -4.69. The minimum absolute atomic E-state index is 0.0605. The molecule has 2 amide bonds. The van der Waals surface area contributed by atoms with Gasteiger partial charge in [0, 0.05) is 6.42 Å². The summed E-state index contributed by atoms with van der Waals surface area (Å²) in [7, 11) is 0. The normalized spacial score (nSPS) is 10.2. The van der Waals surface area contributed by atoms with E-state index in [0.29, 0.717) is 30.1 Å². The van der Waals surface area contributed by atoms with Gasteiger partial charge >= 0.3 is 0 Å². The Bertz CT molecular complexity index is 1360. The van der Waals surface area contributed by atoms with Crippen molar-refractivity contribution in [2.45, 2.75) is 6.42 Å². The fourth-order valence-corrected chi connectivity index (χ4v) is 3.73. The molecule has 38 heavy (non-hydrogen) atoms. The third-order valence-electron chi connectivity index (χ3n) is 5.50. The minimum atomic E-state index is -0.460. The lowest BCUT2D eigenvalue weighted by Gasteiger charge is -2.14. The number of ether oxygens (including phenoxy) is 2. The quantitative estimate of drug-likeness (QED) is 0.217. The zero-order chi connectivity index (χ0) is 26.6. The lowest BCUT2D eigenvalue weighted by Crippen LogP contribution is -2.49. The van der Waals surface area contributed by atoms with Gasteiger partial charge in [-0.15, -0.1) is 0 Å². The van der Waals surface area contributed by atoms with Crippen molar-refractivity contribution >= 4 is 29.1 Å². The van der Waals surface area contributed by atoms with Crippen LogP contribution in [0.2, 0.25) is 0 Å². The highest BCUT2D eigenvalue weighted by Gasteiger charge is 2.14. The van der Waals surface area contributed by atoms with Crippen molar-refractivity contribution in [1.82, 2.24) is 16.2 Å². The summed E-state index contributed by atoms with van der Waals surface area (Å²) >= 11 is 5.14. The smallest absolute Gasteiger partial charge is 0.276 e. The standard InChI is InChI=1S/C30H27N3O4S/c34-28(21-37-25-17-15-24(16-18-25)23-11-5-2-6-12-23)32-33-30(38)31-29(35)26-13-7-8-14-27(26)36-20-19-22-9-3-1-4-10-22/h1-18H,19-21H2,(H,32,34)(H2,31,33,35,38). The van der Waals surface area contributed by atoms with Crippen molar-refractivity contribution < 1.29 is 19.1 Å². The first-order valence-corrected chi connectivity index (χ1v) is 12.4. The summed E-state index contributed by atoms with van der Waals surface area (Å²) in [4.78, 5) is 24.9. The second-order valence-corrected chi connectivity index (χ2v) is 8.62. The molecule has 4 aromatic rings. The Kier molecular flexibility index (Phi) is 9.42. The largest absolute Gasteiger partial charge is 0.492 e. The van der Waals surface area contributed by atoms with E-state index in [1.807, 2.05) is 72.8 Å². The average Bonchev–Trinajstić information content (AvgIpc) is 2.96. The maximum absolute atomic E-state index is 12.7. The van der Waals surface area contributed by atoms with Crippen LogP contribution < -0.4 is 25.6 Å². The van der Waals surface area contributed by atoms with Gasteiger partial charge in [0.05, 0.1) is 12.2 Å². The van der Waals surface area contributed by atoms with E-state index in [4.69, 9.17) is 21.7 Å². The maximum Gasteiger partial charge on any atom is 0.276 e. The molecule has 192 valence electrons. The summed E-state index contributed by atoms with van der Waals surface area (Å²) in [5, 5.41) is 2.48. The number of benzene rings is 4. The van der Waals surface area contributed by atoms with E-state index in [0.717, 1.165) is 16.7 Å². The van der Waals surface area contributed by atoms with Gasteiger partial charge in [0.1, 0.15) is 11.5 Å². The molecule has 0 aliphatic carbocycles. The molecule has 0 fully saturated rings. The fourth-order valence-electron chi connectivity index (χ4n) is 3.59. The molecule has 3 N–H and O–H groups in total. The number of carbonyl (C=O) groups excluding carboxylic acids is 2. The SMILES string of the molecule is O=C(COc1ccc(-c2ccccc2)cc1)NNC(=S)NC(=O)c1ccccc1OCCc1ccccc1. The molecule has 0 heterocycles. The molecule has 8 heteroatoms. The number of rotatable bonds is 9. The van der Waals surface area contributed by atoms with Crippen LogP contribution in [0, 0.1) is 0 Å². The van der Waals surface area contributed by atoms with E-state index in [-0.39, 0.29) is 11.7 Å². The van der Waals surface area contributed by atoms with Crippen molar-refractivity contribution in [2.75, 3.05) is 13.2 Å². The van der Waals surface area contributed by atoms with Crippen LogP contribution in [0.1, 0.15) is 15.9 Å². The van der Waals surface area contributed by atoms with Crippen molar-refractivity contribution in [3.8, 4) is 22.6 Å². The van der Waals surface area contributed by atoms with Gasteiger partial charge in [-0.25, -0.2) is 0 Å². The third kappa shape index (κ3) is 7.91. The van der Waals surface area contributed by atoms with E-state index in [1.54, 1.807) is 36.4 Å². The average molecular weight is 526 g/mol. The highest BCUT2D eigenvalue weighted by Crippen LogP contribution is 2.22. The zero-order valence-electron chi connectivity index (χ0n) is 20.6. The van der Waals surface area contributed by atoms with E-state index < -0.39 is 11.8 Å². The predicted octanol–water partition coefficient (Wildman–Crippen LogP) is 4.69. The lowest BCUT2D eigenvalue weighted by molar-refractivity contribution is -0.123. The number of hydrogen-bond donors (Lipinski definition) is 3. The summed E-state index contributed by atoms with van der Waals surface area (Å²) < 4.78 is 11.4. The second-order valence-electron chi connectivity index (χ2n) is 8.22. The molecule has 4 rings (SSSR count). The second kappa shape index (κ2) is 13.6. The first-order valence-electron chi connectivity index (χ1n) is 12.0. The number of carbonyl (C=O) groups is 2. The fraction of sp³-hybridized carbons (Fsp3) is 0.100. The van der Waals surface area contributed by atoms with Crippen molar-refractivity contribution in [3.63, 3.8) is 0 Å². The van der Waals surface area contributed by atoms with Gasteiger partial charge in [0.15, 0.2) is 11.7 Å². The van der Waals surface area contributed by atoms with Crippen molar-refractivity contribution in [1.29, 1.82) is 0 Å². The van der Waals surface area contributed by atoms with Crippen LogP contribution in [0.3, 0.4) is 0 Å². The molecular formula is C30H27N3O4S. The number of hydrogen-bond acceptors (Lipinski definition) is 5. The van der Waals surface area contributed by atoms with E-state index >= 15 is 0 Å². The zero-order valence-corrected chi connectivity index (χ0v) is 21.4. The minimum Gasteiger partial charge on any atom is -0.492 e. The van der Waals surface area contributed by atoms with Gasteiger partial charge in [0.25, 0.3) is 11.8 Å². The molecule has 0 atom stereocenters. The molecule has 0 saturated heterocycles. The summed E-state index contributed by atoms with van der Waals surface area (Å²) in [5.74, 6) is 0.0826. The van der Waals surface area contributed by atoms with E-state index in [1.165, 1.54) is 0 Å². The molecule has 7 nitrogen and oxygen atoms in total. The highest BCUT2D eigenvalue weighted by molar-refractivity contribution is 7.80. The van der Waals surface area contributed by atoms with Gasteiger partial charge in [-0.3, -0.25) is 25.8 Å². The molecule has 0 aliphatic heterocycles. The number of para-hydroxylation sites is 1. The summed E-state index contributed by atoms with van der Waals surface area (Å²) in [6.45, 7) is 0.189. The maximum atomic E-state index is 12.7. The Morgan fingerprint density at radius 2 is 1.32 bits per heavy atom. The van der Waals surface area contributed by atoms with Crippen LogP contribution in [0.5, 0.6) is 11.5 Å². The van der Waals surface area contributed by atoms with Crippen molar-refractivity contribution in [2.24, 2.45) is 0 Å². The molecule has 0 spiro atoms. The lowest BCUT2D eigenvalue weighted by atomic mass is 10.1. The van der Waals surface area contributed by atoms with Crippen LogP contribution in [-0.2, 0) is 11.2 Å². The Morgan fingerprint density at radius 1 is 0.684 bits per heavy atom. The summed E-state index contributed by atoms with van der Waals surface area (Å²) in [6, 6.07) is 34.2. The summed E-state index contributed by atoms with van der Waals surface area (Å²) in [6.07, 6.45) is 0.710. The molecular weight excluding hydrogens is 498 g/mol. The van der Waals surface area contributed by atoms with Crippen LogP contribution in [-0.4, -0.2) is 30.1 Å². The monoisotopic (exact) mass is 525 g/mol. The first-order chi connectivity index (χ1) is 18.6. The highest BCUT2D eigenvalue weighted by atomic mass is 32.1. The predicted molar refractivity (Wildman–Crippen MR) is 151 cm³/mol. The van der Waals surface area contributed by atoms with Gasteiger partial charge < -0.3 is 9.47 Å². The van der Waals surface area contributed by atoms with Crippen LogP contribution in [0.25, 0.3) is 11.1 Å². The number of amides is 2. The Balaban J connectivity index is 1.20. The van der Waals surface area contributed by atoms with Crippen LogP contribution >= 0.6 is 12.2 Å². The molecule has 0 aliphatic rings. The molecule has 4 aromatic carbocycles. The van der Waals surface area contributed by atoms with Crippen LogP contribution in [0.4, 0.5) is 0 Å². The molecule has 0 saturated carbocycles. The van der Waals surface area contributed by atoms with E-state index in [9.17, 15) is 9.59 Å². The Morgan fingerprint density at radius 3 is 2.05 bits per heavy atom. The number of hydrazine groups is 1. The van der Waals surface area contributed by atoms with Gasteiger partial charge in [0.2, 0.25) is 0 Å². The molecule has 0 bridgehead atoms. The number of nitrogens with one attached hydrogen (secondary N) is 3. The first kappa shape index (κ1) is 26.4. The third-order valence-corrected chi connectivity index (χ3v) is 5.70. The van der Waals surface area contributed by atoms with Crippen LogP contribution in [0.15, 0.2) is 109 Å². The van der Waals surface area contributed by atoms with Crippen molar-refractivity contribution in [3.05, 3.63) is 120 Å². The molecule has 0 unspecified atom stereocenters. The number of thiocarbonyl (C=S) groups is 1. The summed E-state index contributed by atoms with van der Waals surface area (Å²) in [5.41, 5.74) is 8.54. The van der Waals surface area contributed by atoms with E-state index in [2.05, 4.69) is 16.2 Å². The Labute approximate surface area is 226 Å². The van der Waals surface area contributed by atoms with Gasteiger partial charge in [-0.2, -0.15) is 0 Å². The molecule has 0 aromatic heterocycles. The molecule has 0 radical (unpaired) electrons.